The maximum absolute atomic E-state index is 13.6. The minimum absolute atomic E-state index is 0.00383. The second-order valence-corrected chi connectivity index (χ2v) is 6.62. The Labute approximate surface area is 129 Å². The van der Waals surface area contributed by atoms with Gasteiger partial charge in [0.25, 0.3) is 0 Å². The van der Waals surface area contributed by atoms with Gasteiger partial charge in [0.05, 0.1) is 5.69 Å². The number of hydrogen-bond acceptors (Lipinski definition) is 3. The quantitative estimate of drug-likeness (QED) is 0.892. The van der Waals surface area contributed by atoms with Gasteiger partial charge in [0, 0.05) is 18.2 Å². The fourth-order valence-electron chi connectivity index (χ4n) is 2.54. The number of hydrogen-bond donors (Lipinski definition) is 2. The van der Waals surface area contributed by atoms with Crippen LogP contribution in [0.25, 0.3) is 0 Å². The van der Waals surface area contributed by atoms with Gasteiger partial charge in [-0.3, -0.25) is 0 Å². The Hall–Kier alpha value is -1.85. The number of carbonyl (C=O) groups excluding carboxylic acids is 1. The van der Waals surface area contributed by atoms with Crippen LogP contribution in [-0.2, 0) is 4.74 Å². The number of nitrogens with one attached hydrogen (secondary N) is 2. The van der Waals surface area contributed by atoms with Gasteiger partial charge in [0.2, 0.25) is 0 Å². The van der Waals surface area contributed by atoms with E-state index < -0.39 is 23.3 Å². The summed E-state index contributed by atoms with van der Waals surface area (Å²) in [5.41, 5.74) is -0.248. The molecule has 1 aliphatic rings. The molecule has 1 amide bonds. The Morgan fingerprint density at radius 1 is 1.23 bits per heavy atom. The highest BCUT2D eigenvalue weighted by atomic mass is 19.1. The number of alkyl carbamates (subject to hydrolysis) is 1. The van der Waals surface area contributed by atoms with Gasteiger partial charge in [0.15, 0.2) is 0 Å². The molecule has 1 fully saturated rings. The first-order chi connectivity index (χ1) is 10.2. The minimum atomic E-state index is -0.608. The third-order valence-electron chi connectivity index (χ3n) is 3.44. The van der Waals surface area contributed by atoms with Gasteiger partial charge in [-0.2, -0.15) is 0 Å². The van der Waals surface area contributed by atoms with Gasteiger partial charge >= 0.3 is 6.09 Å². The zero-order valence-electron chi connectivity index (χ0n) is 13.1. The van der Waals surface area contributed by atoms with Crippen molar-refractivity contribution in [2.75, 3.05) is 5.32 Å². The first kappa shape index (κ1) is 16.5. The van der Waals surface area contributed by atoms with Gasteiger partial charge < -0.3 is 15.4 Å². The Kier molecular flexibility index (Phi) is 4.88. The third-order valence-corrected chi connectivity index (χ3v) is 3.44. The average Bonchev–Trinajstić information content (AvgIpc) is 2.77. The SMILES string of the molecule is CC(C)(C)OC(=O)NC1CCC(Nc2ccc(F)cc2F)C1. The summed E-state index contributed by atoms with van der Waals surface area (Å²) in [7, 11) is 0. The van der Waals surface area contributed by atoms with Crippen molar-refractivity contribution in [3.8, 4) is 0 Å². The predicted molar refractivity (Wildman–Crippen MR) is 80.8 cm³/mol. The highest BCUT2D eigenvalue weighted by Crippen LogP contribution is 2.25. The molecule has 1 saturated carbocycles. The average molecular weight is 312 g/mol. The van der Waals surface area contributed by atoms with E-state index in [1.807, 2.05) is 20.8 Å². The van der Waals surface area contributed by atoms with Crippen molar-refractivity contribution in [1.82, 2.24) is 5.32 Å². The molecule has 122 valence electrons. The molecule has 1 aromatic rings. The second-order valence-electron chi connectivity index (χ2n) is 6.62. The van der Waals surface area contributed by atoms with Gasteiger partial charge in [-0.25, -0.2) is 13.6 Å². The molecule has 0 spiro atoms. The van der Waals surface area contributed by atoms with E-state index >= 15 is 0 Å². The van der Waals surface area contributed by atoms with Crippen LogP contribution in [0.2, 0.25) is 0 Å². The van der Waals surface area contributed by atoms with Crippen molar-refractivity contribution in [1.29, 1.82) is 0 Å². The van der Waals surface area contributed by atoms with Crippen LogP contribution >= 0.6 is 0 Å². The lowest BCUT2D eigenvalue weighted by Gasteiger charge is -2.22. The fraction of sp³-hybridized carbons (Fsp3) is 0.562. The zero-order chi connectivity index (χ0) is 16.3. The largest absolute Gasteiger partial charge is 0.444 e. The van der Waals surface area contributed by atoms with E-state index in [-0.39, 0.29) is 17.8 Å². The fourth-order valence-corrected chi connectivity index (χ4v) is 2.54. The van der Waals surface area contributed by atoms with E-state index in [1.54, 1.807) is 0 Å². The lowest BCUT2D eigenvalue weighted by Crippen LogP contribution is -2.38. The van der Waals surface area contributed by atoms with Crippen LogP contribution in [0.4, 0.5) is 19.3 Å². The lowest BCUT2D eigenvalue weighted by atomic mass is 10.2. The number of ether oxygens (including phenoxy) is 1. The molecule has 2 N–H and O–H groups in total. The number of carbonyl (C=O) groups is 1. The van der Waals surface area contributed by atoms with E-state index in [9.17, 15) is 13.6 Å². The van der Waals surface area contributed by atoms with Crippen LogP contribution in [0.1, 0.15) is 40.0 Å². The van der Waals surface area contributed by atoms with Crippen molar-refractivity contribution in [3.05, 3.63) is 29.8 Å². The molecule has 0 radical (unpaired) electrons. The maximum Gasteiger partial charge on any atom is 0.407 e. The van der Waals surface area contributed by atoms with Crippen molar-refractivity contribution in [2.45, 2.75) is 57.7 Å². The van der Waals surface area contributed by atoms with E-state index in [0.29, 0.717) is 6.42 Å². The number of amides is 1. The molecular formula is C16H22F2N2O2. The number of benzene rings is 1. The number of rotatable bonds is 3. The molecule has 0 bridgehead atoms. The Morgan fingerprint density at radius 2 is 1.91 bits per heavy atom. The van der Waals surface area contributed by atoms with Gasteiger partial charge in [-0.1, -0.05) is 0 Å². The van der Waals surface area contributed by atoms with Crippen LogP contribution in [-0.4, -0.2) is 23.8 Å². The second kappa shape index (κ2) is 6.50. The zero-order valence-corrected chi connectivity index (χ0v) is 13.1. The van der Waals surface area contributed by atoms with Crippen molar-refractivity contribution >= 4 is 11.8 Å². The van der Waals surface area contributed by atoms with Crippen LogP contribution in [0, 0.1) is 11.6 Å². The predicted octanol–water partition coefficient (Wildman–Crippen LogP) is 3.82. The minimum Gasteiger partial charge on any atom is -0.444 e. The topological polar surface area (TPSA) is 50.4 Å². The molecule has 2 atom stereocenters. The van der Waals surface area contributed by atoms with Crippen LogP contribution in [0.5, 0.6) is 0 Å². The summed E-state index contributed by atoms with van der Waals surface area (Å²) in [5, 5.41) is 5.87. The molecule has 0 aromatic heterocycles. The van der Waals surface area contributed by atoms with Crippen LogP contribution < -0.4 is 10.6 Å². The molecule has 4 nitrogen and oxygen atoms in total. The molecule has 0 saturated heterocycles. The first-order valence-electron chi connectivity index (χ1n) is 7.44. The summed E-state index contributed by atoms with van der Waals surface area (Å²) in [6.07, 6.45) is 1.83. The molecule has 0 heterocycles. The van der Waals surface area contributed by atoms with Crippen molar-refractivity contribution in [3.63, 3.8) is 0 Å². The summed E-state index contributed by atoms with van der Waals surface area (Å²) < 4.78 is 31.7. The Morgan fingerprint density at radius 3 is 2.55 bits per heavy atom. The molecule has 2 rings (SSSR count). The highest BCUT2D eigenvalue weighted by Gasteiger charge is 2.28. The van der Waals surface area contributed by atoms with Crippen LogP contribution in [0.15, 0.2) is 18.2 Å². The number of anilines is 1. The Balaban J connectivity index is 1.84. The van der Waals surface area contributed by atoms with Crippen LogP contribution in [0.3, 0.4) is 0 Å². The monoisotopic (exact) mass is 312 g/mol. The van der Waals surface area contributed by atoms with Crippen molar-refractivity contribution in [2.24, 2.45) is 0 Å². The van der Waals surface area contributed by atoms with Gasteiger partial charge in [-0.05, 0) is 52.2 Å². The Bertz CT molecular complexity index is 543. The molecule has 2 unspecified atom stereocenters. The lowest BCUT2D eigenvalue weighted by molar-refractivity contribution is 0.0505. The van der Waals surface area contributed by atoms with Gasteiger partial charge in [-0.15, -0.1) is 0 Å². The molecule has 1 aromatic carbocycles. The van der Waals surface area contributed by atoms with E-state index in [2.05, 4.69) is 10.6 Å². The van der Waals surface area contributed by atoms with Crippen molar-refractivity contribution < 1.29 is 18.3 Å². The molecule has 6 heteroatoms. The molecule has 1 aliphatic carbocycles. The maximum atomic E-state index is 13.6. The van der Waals surface area contributed by atoms with E-state index in [1.165, 1.54) is 12.1 Å². The van der Waals surface area contributed by atoms with E-state index in [0.717, 1.165) is 18.9 Å². The summed E-state index contributed by atoms with van der Waals surface area (Å²) in [4.78, 5) is 11.7. The van der Waals surface area contributed by atoms with E-state index in [4.69, 9.17) is 4.74 Å². The summed E-state index contributed by atoms with van der Waals surface area (Å²) in [5.74, 6) is -1.21. The standard InChI is InChI=1S/C16H22F2N2O2/c1-16(2,3)22-15(21)20-12-6-5-11(9-12)19-14-7-4-10(17)8-13(14)18/h4,7-8,11-12,19H,5-6,9H2,1-3H3,(H,20,21). The molecule has 0 aliphatic heterocycles. The molecule has 22 heavy (non-hydrogen) atoms. The summed E-state index contributed by atoms with van der Waals surface area (Å²) >= 11 is 0. The normalized spacial score (nSPS) is 21.5. The first-order valence-corrected chi connectivity index (χ1v) is 7.44. The highest BCUT2D eigenvalue weighted by molar-refractivity contribution is 5.68. The number of halogens is 2. The molecular weight excluding hydrogens is 290 g/mol. The summed E-state index contributed by atoms with van der Waals surface area (Å²) in [6.45, 7) is 5.43. The third kappa shape index (κ3) is 4.86. The van der Waals surface area contributed by atoms with Gasteiger partial charge in [0.1, 0.15) is 17.2 Å². The smallest absolute Gasteiger partial charge is 0.407 e. The summed E-state index contributed by atoms with van der Waals surface area (Å²) in [6, 6.07) is 3.50.